The molecule has 0 radical (unpaired) electrons. The number of nitrogens with zero attached hydrogens (tertiary/aromatic N) is 5. The molecule has 1 atom stereocenters. The largest absolute Gasteiger partial charge is 0.504 e. The molecule has 4 heterocycles. The summed E-state index contributed by atoms with van der Waals surface area (Å²) in [6, 6.07) is 3.24. The van der Waals surface area contributed by atoms with Crippen LogP contribution in [0.5, 0.6) is 0 Å². The molecule has 1 N–H and O–H groups in total. The quantitative estimate of drug-likeness (QED) is 0.624. The average molecular weight is 444 g/mol. The van der Waals surface area contributed by atoms with Gasteiger partial charge in [-0.15, -0.1) is 13.2 Å². The minimum absolute atomic E-state index is 0.0847. The lowest BCUT2D eigenvalue weighted by Gasteiger charge is -2.11. The first-order valence-corrected chi connectivity index (χ1v) is 8.99. The standard InChI is InChI=1S/C18H14F6N6O/c1-9-11(8-30(27-9)18(22,23)24)16(31)26-12-3-5-29-14(12)7-13(28-29)10-2-4-25-15(6-10)17(19,20)21/h2,4,6-8,12H,3,5H2,1H3,(H,26,31)/t12-/m0/s1. The molecule has 3 aromatic rings. The number of alkyl halides is 6. The zero-order valence-corrected chi connectivity index (χ0v) is 15.8. The van der Waals surface area contributed by atoms with Crippen molar-refractivity contribution in [2.75, 3.05) is 0 Å². The van der Waals surface area contributed by atoms with Crippen LogP contribution in [0.2, 0.25) is 0 Å². The molecule has 1 amide bonds. The summed E-state index contributed by atoms with van der Waals surface area (Å²) >= 11 is 0. The number of pyridine rings is 1. The minimum Gasteiger partial charge on any atom is -0.343 e. The number of hydrogen-bond acceptors (Lipinski definition) is 4. The van der Waals surface area contributed by atoms with E-state index in [1.54, 1.807) is 10.7 Å². The number of halogens is 6. The van der Waals surface area contributed by atoms with E-state index in [1.807, 2.05) is 0 Å². The molecule has 3 aromatic heterocycles. The number of rotatable bonds is 3. The molecule has 1 aliphatic rings. The number of aryl methyl sites for hydroxylation is 2. The second kappa shape index (κ2) is 7.10. The molecule has 13 heteroatoms. The number of fused-ring (bicyclic) bond motifs is 1. The summed E-state index contributed by atoms with van der Waals surface area (Å²) in [6.07, 6.45) is -7.27. The van der Waals surface area contributed by atoms with Gasteiger partial charge in [-0.3, -0.25) is 14.5 Å². The van der Waals surface area contributed by atoms with E-state index < -0.39 is 30.1 Å². The number of nitrogens with one attached hydrogen (secondary N) is 1. The van der Waals surface area contributed by atoms with Gasteiger partial charge in [0.1, 0.15) is 5.69 Å². The Morgan fingerprint density at radius 3 is 2.55 bits per heavy atom. The maximum atomic E-state index is 12.9. The number of aromatic nitrogens is 5. The second-order valence-electron chi connectivity index (χ2n) is 6.96. The van der Waals surface area contributed by atoms with Gasteiger partial charge in [-0.25, -0.2) is 0 Å². The highest BCUT2D eigenvalue weighted by Gasteiger charge is 2.35. The highest BCUT2D eigenvalue weighted by Crippen LogP contribution is 2.33. The van der Waals surface area contributed by atoms with E-state index >= 15 is 0 Å². The number of carbonyl (C=O) groups is 1. The van der Waals surface area contributed by atoms with Gasteiger partial charge in [-0.2, -0.15) is 28.1 Å². The molecule has 0 aromatic carbocycles. The number of carbonyl (C=O) groups excluding carboxylic acids is 1. The van der Waals surface area contributed by atoms with Gasteiger partial charge in [0, 0.05) is 24.5 Å². The van der Waals surface area contributed by atoms with Gasteiger partial charge in [-0.1, -0.05) is 0 Å². The Labute approximate surface area is 170 Å². The van der Waals surface area contributed by atoms with Gasteiger partial charge < -0.3 is 5.32 Å². The highest BCUT2D eigenvalue weighted by molar-refractivity contribution is 5.95. The highest BCUT2D eigenvalue weighted by atomic mass is 19.4. The Balaban J connectivity index is 1.56. The SMILES string of the molecule is Cc1nn(C(F)(F)F)cc1C(=O)N[C@H]1CCn2nc(-c3ccnc(C(F)(F)F)c3)cc21. The van der Waals surface area contributed by atoms with E-state index in [0.717, 1.165) is 12.3 Å². The van der Waals surface area contributed by atoms with Crippen LogP contribution in [0.1, 0.15) is 39.9 Å². The number of amides is 1. The summed E-state index contributed by atoms with van der Waals surface area (Å²) in [5.74, 6) is -0.738. The summed E-state index contributed by atoms with van der Waals surface area (Å²) in [5, 5.41) is 10.2. The zero-order chi connectivity index (χ0) is 22.6. The van der Waals surface area contributed by atoms with Gasteiger partial charge in [-0.05, 0) is 31.5 Å². The van der Waals surface area contributed by atoms with Gasteiger partial charge in [0.15, 0.2) is 0 Å². The molecule has 0 unspecified atom stereocenters. The van der Waals surface area contributed by atoms with E-state index in [4.69, 9.17) is 0 Å². The van der Waals surface area contributed by atoms with Crippen molar-refractivity contribution in [3.8, 4) is 11.3 Å². The van der Waals surface area contributed by atoms with Crippen LogP contribution in [0.15, 0.2) is 30.6 Å². The van der Waals surface area contributed by atoms with Crippen LogP contribution in [0.3, 0.4) is 0 Å². The molecule has 0 spiro atoms. The fraction of sp³-hybridized carbons (Fsp3) is 0.333. The molecule has 0 saturated heterocycles. The topological polar surface area (TPSA) is 77.6 Å². The molecule has 1 aliphatic heterocycles. The lowest BCUT2D eigenvalue weighted by Crippen LogP contribution is -2.27. The minimum atomic E-state index is -4.75. The van der Waals surface area contributed by atoms with Gasteiger partial charge in [0.25, 0.3) is 5.91 Å². The Bertz CT molecular complexity index is 1150. The Morgan fingerprint density at radius 2 is 1.90 bits per heavy atom. The molecule has 7 nitrogen and oxygen atoms in total. The number of hydrogen-bond donors (Lipinski definition) is 1. The van der Waals surface area contributed by atoms with Crippen molar-refractivity contribution in [1.82, 2.24) is 29.9 Å². The van der Waals surface area contributed by atoms with E-state index in [2.05, 4.69) is 20.5 Å². The summed E-state index contributed by atoms with van der Waals surface area (Å²) in [4.78, 5) is 15.8. The first-order chi connectivity index (χ1) is 14.4. The summed E-state index contributed by atoms with van der Waals surface area (Å²) in [5.41, 5.74) is -0.354. The fourth-order valence-electron chi connectivity index (χ4n) is 3.37. The summed E-state index contributed by atoms with van der Waals surface area (Å²) < 4.78 is 78.4. The predicted octanol–water partition coefficient (Wildman–Crippen LogP) is 3.82. The Hall–Kier alpha value is -3.38. The average Bonchev–Trinajstić information content (AvgIpc) is 3.36. The third-order valence-corrected chi connectivity index (χ3v) is 4.85. The van der Waals surface area contributed by atoms with E-state index in [0.29, 0.717) is 24.9 Å². The van der Waals surface area contributed by atoms with E-state index in [1.165, 1.54) is 13.0 Å². The molecular weight excluding hydrogens is 430 g/mol. The predicted molar refractivity (Wildman–Crippen MR) is 93.5 cm³/mol. The van der Waals surface area contributed by atoms with Gasteiger partial charge >= 0.3 is 12.5 Å². The van der Waals surface area contributed by atoms with Crippen molar-refractivity contribution >= 4 is 5.91 Å². The van der Waals surface area contributed by atoms with Crippen molar-refractivity contribution in [2.45, 2.75) is 38.4 Å². The van der Waals surface area contributed by atoms with Crippen molar-refractivity contribution in [1.29, 1.82) is 0 Å². The van der Waals surface area contributed by atoms with Crippen molar-refractivity contribution in [2.24, 2.45) is 0 Å². The first-order valence-electron chi connectivity index (χ1n) is 8.99. The van der Waals surface area contributed by atoms with Crippen LogP contribution in [-0.2, 0) is 19.0 Å². The van der Waals surface area contributed by atoms with Gasteiger partial charge in [0.05, 0.1) is 28.7 Å². The third kappa shape index (κ3) is 3.99. The van der Waals surface area contributed by atoms with Crippen LogP contribution in [0.25, 0.3) is 11.3 Å². The first kappa shape index (κ1) is 20.9. The van der Waals surface area contributed by atoms with Crippen molar-refractivity contribution < 1.29 is 31.1 Å². The monoisotopic (exact) mass is 444 g/mol. The maximum Gasteiger partial charge on any atom is 0.504 e. The van der Waals surface area contributed by atoms with Crippen LogP contribution in [0, 0.1) is 6.92 Å². The summed E-state index contributed by atoms with van der Waals surface area (Å²) in [7, 11) is 0. The molecule has 0 saturated carbocycles. The fourth-order valence-corrected chi connectivity index (χ4v) is 3.37. The normalized spacial score (nSPS) is 16.4. The van der Waals surface area contributed by atoms with Gasteiger partial charge in [0.2, 0.25) is 0 Å². The third-order valence-electron chi connectivity index (χ3n) is 4.85. The van der Waals surface area contributed by atoms with Crippen LogP contribution in [-0.4, -0.2) is 30.5 Å². The molecular formula is C18H14F6N6O. The van der Waals surface area contributed by atoms with E-state index in [9.17, 15) is 31.1 Å². The zero-order valence-electron chi connectivity index (χ0n) is 15.8. The lowest BCUT2D eigenvalue weighted by molar-refractivity contribution is -0.212. The maximum absolute atomic E-state index is 12.9. The Morgan fingerprint density at radius 1 is 1.16 bits per heavy atom. The van der Waals surface area contributed by atoms with Crippen LogP contribution in [0.4, 0.5) is 26.3 Å². The second-order valence-corrected chi connectivity index (χ2v) is 6.96. The molecule has 4 rings (SSSR count). The molecule has 0 aliphatic carbocycles. The molecule has 0 bridgehead atoms. The lowest BCUT2D eigenvalue weighted by atomic mass is 10.1. The molecule has 164 valence electrons. The van der Waals surface area contributed by atoms with Crippen molar-refractivity contribution in [3.63, 3.8) is 0 Å². The molecule has 0 fully saturated rings. The van der Waals surface area contributed by atoms with Crippen LogP contribution < -0.4 is 5.32 Å². The Kier molecular flexibility index (Phi) is 4.78. The summed E-state index contributed by atoms with van der Waals surface area (Å²) in [6.45, 7) is 1.67. The smallest absolute Gasteiger partial charge is 0.343 e. The molecule has 31 heavy (non-hydrogen) atoms. The van der Waals surface area contributed by atoms with E-state index in [-0.39, 0.29) is 27.2 Å². The van der Waals surface area contributed by atoms with Crippen LogP contribution >= 0.6 is 0 Å². The van der Waals surface area contributed by atoms with Crippen molar-refractivity contribution in [3.05, 3.63) is 53.2 Å².